The molecule has 2 rings (SSSR count). The summed E-state index contributed by atoms with van der Waals surface area (Å²) in [7, 11) is 3.24. The van der Waals surface area contributed by atoms with Gasteiger partial charge >= 0.3 is 0 Å². The second kappa shape index (κ2) is 4.43. The normalized spacial score (nSPS) is 19.4. The number of hydrogen-bond acceptors (Lipinski definition) is 3. The highest BCUT2D eigenvalue weighted by Gasteiger charge is 2.27. The Hall–Kier alpha value is -1.71. The summed E-state index contributed by atoms with van der Waals surface area (Å²) in [5.41, 5.74) is 0.929. The van der Waals surface area contributed by atoms with Crippen molar-refractivity contribution in [3.8, 4) is 11.5 Å². The molecule has 1 aliphatic heterocycles. The van der Waals surface area contributed by atoms with Gasteiger partial charge in [0.25, 0.3) is 0 Å². The molecule has 1 unspecified atom stereocenters. The minimum Gasteiger partial charge on any atom is -0.496 e. The van der Waals surface area contributed by atoms with E-state index >= 15 is 0 Å². The van der Waals surface area contributed by atoms with Crippen LogP contribution in [0.25, 0.3) is 0 Å². The van der Waals surface area contributed by atoms with E-state index in [4.69, 9.17) is 9.47 Å². The van der Waals surface area contributed by atoms with Crippen molar-refractivity contribution in [1.82, 2.24) is 5.32 Å². The Kier molecular flexibility index (Phi) is 2.99. The molecule has 1 atom stereocenters. The fourth-order valence-corrected chi connectivity index (χ4v) is 2.05. The van der Waals surface area contributed by atoms with Crippen molar-refractivity contribution in [3.63, 3.8) is 0 Å². The van der Waals surface area contributed by atoms with Gasteiger partial charge in [-0.3, -0.25) is 4.79 Å². The quantitative estimate of drug-likeness (QED) is 0.844. The highest BCUT2D eigenvalue weighted by Crippen LogP contribution is 2.37. The fourth-order valence-electron chi connectivity index (χ4n) is 2.05. The van der Waals surface area contributed by atoms with E-state index in [1.165, 1.54) is 0 Å². The molecule has 1 aromatic carbocycles. The maximum atomic E-state index is 11.2. The van der Waals surface area contributed by atoms with Gasteiger partial charge in [-0.1, -0.05) is 6.07 Å². The molecule has 1 N–H and O–H groups in total. The number of amides is 1. The highest BCUT2D eigenvalue weighted by atomic mass is 16.5. The second-order valence-electron chi connectivity index (χ2n) is 3.73. The summed E-state index contributed by atoms with van der Waals surface area (Å²) in [5.74, 6) is 1.59. The monoisotopic (exact) mass is 221 g/mol. The predicted molar refractivity (Wildman–Crippen MR) is 59.7 cm³/mol. The van der Waals surface area contributed by atoms with E-state index in [2.05, 4.69) is 5.32 Å². The maximum absolute atomic E-state index is 11.2. The molecule has 1 aromatic rings. The zero-order chi connectivity index (χ0) is 11.5. The summed E-state index contributed by atoms with van der Waals surface area (Å²) in [6.45, 7) is 0. The van der Waals surface area contributed by atoms with Gasteiger partial charge in [-0.2, -0.15) is 0 Å². The SMILES string of the molecule is COc1cccc(OC)c1C1CCC(=O)N1. The van der Waals surface area contributed by atoms with Crippen molar-refractivity contribution in [2.75, 3.05) is 14.2 Å². The van der Waals surface area contributed by atoms with Crippen molar-refractivity contribution in [3.05, 3.63) is 23.8 Å². The van der Waals surface area contributed by atoms with Crippen LogP contribution in [0.3, 0.4) is 0 Å². The largest absolute Gasteiger partial charge is 0.496 e. The molecule has 0 saturated carbocycles. The summed E-state index contributed by atoms with van der Waals surface area (Å²) < 4.78 is 10.6. The van der Waals surface area contributed by atoms with Crippen molar-refractivity contribution in [2.24, 2.45) is 0 Å². The summed E-state index contributed by atoms with van der Waals surface area (Å²) >= 11 is 0. The Morgan fingerprint density at radius 1 is 1.25 bits per heavy atom. The first kappa shape index (κ1) is 10.8. The topological polar surface area (TPSA) is 47.6 Å². The summed E-state index contributed by atoms with van der Waals surface area (Å²) in [6.07, 6.45) is 1.35. The number of rotatable bonds is 3. The van der Waals surface area contributed by atoms with Gasteiger partial charge < -0.3 is 14.8 Å². The molecule has 1 heterocycles. The van der Waals surface area contributed by atoms with Gasteiger partial charge in [-0.05, 0) is 18.6 Å². The number of hydrogen-bond donors (Lipinski definition) is 1. The van der Waals surface area contributed by atoms with E-state index in [1.807, 2.05) is 18.2 Å². The molecule has 1 aliphatic rings. The fraction of sp³-hybridized carbons (Fsp3) is 0.417. The lowest BCUT2D eigenvalue weighted by molar-refractivity contribution is -0.119. The molecule has 0 aromatic heterocycles. The lowest BCUT2D eigenvalue weighted by Crippen LogP contribution is -2.19. The van der Waals surface area contributed by atoms with Gasteiger partial charge in [0.05, 0.1) is 25.8 Å². The number of ether oxygens (including phenoxy) is 2. The molecule has 1 amide bonds. The predicted octanol–water partition coefficient (Wildman–Crippen LogP) is 1.65. The van der Waals surface area contributed by atoms with E-state index in [9.17, 15) is 4.79 Å². The zero-order valence-corrected chi connectivity index (χ0v) is 9.45. The van der Waals surface area contributed by atoms with Crippen molar-refractivity contribution < 1.29 is 14.3 Å². The first-order chi connectivity index (χ1) is 7.76. The minimum atomic E-state index is -0.00130. The Bertz CT molecular complexity index is 381. The molecular formula is C12H15NO3. The smallest absolute Gasteiger partial charge is 0.220 e. The Labute approximate surface area is 94.6 Å². The first-order valence-corrected chi connectivity index (χ1v) is 5.26. The van der Waals surface area contributed by atoms with Crippen LogP contribution in [-0.4, -0.2) is 20.1 Å². The van der Waals surface area contributed by atoms with Crippen LogP contribution in [0.2, 0.25) is 0 Å². The van der Waals surface area contributed by atoms with Crippen LogP contribution in [-0.2, 0) is 4.79 Å². The molecule has 86 valence electrons. The van der Waals surface area contributed by atoms with E-state index < -0.39 is 0 Å². The second-order valence-corrected chi connectivity index (χ2v) is 3.73. The van der Waals surface area contributed by atoms with E-state index in [1.54, 1.807) is 14.2 Å². The summed E-state index contributed by atoms with van der Waals surface area (Å²) in [6, 6.07) is 5.63. The molecule has 1 saturated heterocycles. The number of carbonyl (C=O) groups is 1. The molecule has 0 aliphatic carbocycles. The van der Waals surface area contributed by atoms with Crippen LogP contribution >= 0.6 is 0 Å². The third-order valence-electron chi connectivity index (χ3n) is 2.81. The zero-order valence-electron chi connectivity index (χ0n) is 9.45. The van der Waals surface area contributed by atoms with Gasteiger partial charge in [-0.25, -0.2) is 0 Å². The molecule has 0 spiro atoms. The Morgan fingerprint density at radius 2 is 1.88 bits per heavy atom. The van der Waals surface area contributed by atoms with Gasteiger partial charge in [-0.15, -0.1) is 0 Å². The number of carbonyl (C=O) groups excluding carboxylic acids is 1. The first-order valence-electron chi connectivity index (χ1n) is 5.26. The average molecular weight is 221 g/mol. The minimum absolute atomic E-state index is 0.00130. The van der Waals surface area contributed by atoms with E-state index in [0.717, 1.165) is 23.5 Å². The van der Waals surface area contributed by atoms with Crippen LogP contribution in [0.5, 0.6) is 11.5 Å². The van der Waals surface area contributed by atoms with Crippen LogP contribution in [0.15, 0.2) is 18.2 Å². The molecule has 0 bridgehead atoms. The molecule has 16 heavy (non-hydrogen) atoms. The number of benzene rings is 1. The third kappa shape index (κ3) is 1.83. The molecular weight excluding hydrogens is 206 g/mol. The lowest BCUT2D eigenvalue weighted by atomic mass is 10.0. The van der Waals surface area contributed by atoms with Gasteiger partial charge in [0.1, 0.15) is 11.5 Å². The van der Waals surface area contributed by atoms with Crippen molar-refractivity contribution in [1.29, 1.82) is 0 Å². The van der Waals surface area contributed by atoms with Crippen LogP contribution in [0.1, 0.15) is 24.4 Å². The number of methoxy groups -OCH3 is 2. The third-order valence-corrected chi connectivity index (χ3v) is 2.81. The van der Waals surface area contributed by atoms with Crippen LogP contribution in [0, 0.1) is 0 Å². The average Bonchev–Trinajstić information content (AvgIpc) is 2.74. The maximum Gasteiger partial charge on any atom is 0.220 e. The molecule has 4 nitrogen and oxygen atoms in total. The Balaban J connectivity index is 2.40. The van der Waals surface area contributed by atoms with Crippen molar-refractivity contribution in [2.45, 2.75) is 18.9 Å². The summed E-state index contributed by atoms with van der Waals surface area (Å²) in [5, 5.41) is 2.92. The molecule has 0 radical (unpaired) electrons. The standard InChI is InChI=1S/C12H15NO3/c1-15-9-4-3-5-10(16-2)12(9)8-6-7-11(14)13-8/h3-5,8H,6-7H2,1-2H3,(H,13,14). The van der Waals surface area contributed by atoms with Crippen molar-refractivity contribution >= 4 is 5.91 Å². The van der Waals surface area contributed by atoms with E-state index in [0.29, 0.717) is 6.42 Å². The summed E-state index contributed by atoms with van der Waals surface area (Å²) in [4.78, 5) is 11.2. The van der Waals surface area contributed by atoms with E-state index in [-0.39, 0.29) is 11.9 Å². The highest BCUT2D eigenvalue weighted by molar-refractivity contribution is 5.79. The Morgan fingerprint density at radius 3 is 2.31 bits per heavy atom. The van der Waals surface area contributed by atoms with Gasteiger partial charge in [0.2, 0.25) is 5.91 Å². The molecule has 4 heteroatoms. The molecule has 1 fully saturated rings. The van der Waals surface area contributed by atoms with Gasteiger partial charge in [0.15, 0.2) is 0 Å². The van der Waals surface area contributed by atoms with Gasteiger partial charge in [0, 0.05) is 6.42 Å². The van der Waals surface area contributed by atoms with Crippen LogP contribution < -0.4 is 14.8 Å². The lowest BCUT2D eigenvalue weighted by Gasteiger charge is -2.17. The van der Waals surface area contributed by atoms with Crippen LogP contribution in [0.4, 0.5) is 0 Å². The number of nitrogens with one attached hydrogen (secondary N) is 1.